The first-order valence-electron chi connectivity index (χ1n) is 6.53. The van der Waals surface area contributed by atoms with Crippen molar-refractivity contribution in [2.75, 3.05) is 0 Å². The summed E-state index contributed by atoms with van der Waals surface area (Å²) in [7, 11) is 0. The van der Waals surface area contributed by atoms with Crippen molar-refractivity contribution in [2.45, 2.75) is 44.0 Å². The highest BCUT2D eigenvalue weighted by Crippen LogP contribution is 2.49. The van der Waals surface area contributed by atoms with Crippen molar-refractivity contribution in [2.24, 2.45) is 5.41 Å². The molecule has 4 atom stereocenters. The van der Waals surface area contributed by atoms with E-state index in [2.05, 4.69) is 6.07 Å². The third-order valence-electron chi connectivity index (χ3n) is 4.32. The standard InChI is InChI=1S/C15H17NO2/c16-10-15(9-12-6-7-14(15)18-12)13(17)8-11-4-2-1-3-5-11/h1-5,12-14,17H,6-9H2. The number of aliphatic hydroxyl groups is 1. The largest absolute Gasteiger partial charge is 0.391 e. The van der Waals surface area contributed by atoms with Crippen LogP contribution in [0.1, 0.15) is 24.8 Å². The van der Waals surface area contributed by atoms with E-state index >= 15 is 0 Å². The van der Waals surface area contributed by atoms with Gasteiger partial charge in [-0.05, 0) is 24.8 Å². The van der Waals surface area contributed by atoms with Crippen molar-refractivity contribution in [3.05, 3.63) is 35.9 Å². The van der Waals surface area contributed by atoms with Gasteiger partial charge in [0.2, 0.25) is 0 Å². The second-order valence-corrected chi connectivity index (χ2v) is 5.39. The Balaban J connectivity index is 1.79. The van der Waals surface area contributed by atoms with Crippen LogP contribution in [0.25, 0.3) is 0 Å². The molecule has 0 aliphatic carbocycles. The number of hydrogen-bond acceptors (Lipinski definition) is 3. The van der Waals surface area contributed by atoms with Gasteiger partial charge < -0.3 is 9.84 Å². The number of aliphatic hydroxyl groups excluding tert-OH is 1. The van der Waals surface area contributed by atoms with Crippen LogP contribution in [0.5, 0.6) is 0 Å². The summed E-state index contributed by atoms with van der Waals surface area (Å²) >= 11 is 0. The molecule has 0 amide bonds. The Labute approximate surface area is 107 Å². The fourth-order valence-corrected chi connectivity index (χ4v) is 3.31. The molecule has 1 aromatic carbocycles. The van der Waals surface area contributed by atoms with Crippen LogP contribution in [0.4, 0.5) is 0 Å². The van der Waals surface area contributed by atoms with Crippen molar-refractivity contribution >= 4 is 0 Å². The maximum Gasteiger partial charge on any atom is 0.112 e. The van der Waals surface area contributed by atoms with E-state index < -0.39 is 11.5 Å². The van der Waals surface area contributed by atoms with E-state index in [0.29, 0.717) is 12.8 Å². The molecule has 2 aliphatic rings. The first-order valence-corrected chi connectivity index (χ1v) is 6.53. The number of ether oxygens (including phenoxy) is 1. The van der Waals surface area contributed by atoms with Crippen LogP contribution in [-0.2, 0) is 11.2 Å². The van der Waals surface area contributed by atoms with E-state index in [9.17, 15) is 10.4 Å². The quantitative estimate of drug-likeness (QED) is 0.884. The summed E-state index contributed by atoms with van der Waals surface area (Å²) in [5.74, 6) is 0. The first kappa shape index (κ1) is 11.7. The molecule has 4 unspecified atom stereocenters. The van der Waals surface area contributed by atoms with E-state index in [0.717, 1.165) is 18.4 Å². The van der Waals surface area contributed by atoms with Crippen LogP contribution < -0.4 is 0 Å². The minimum Gasteiger partial charge on any atom is -0.391 e. The minimum absolute atomic E-state index is 0.0776. The molecule has 1 aromatic rings. The van der Waals surface area contributed by atoms with E-state index in [4.69, 9.17) is 4.74 Å². The minimum atomic E-state index is -0.696. The molecule has 94 valence electrons. The van der Waals surface area contributed by atoms with Crippen molar-refractivity contribution in [1.82, 2.24) is 0 Å². The Morgan fingerprint density at radius 1 is 1.39 bits per heavy atom. The molecule has 18 heavy (non-hydrogen) atoms. The molecular weight excluding hydrogens is 226 g/mol. The van der Waals surface area contributed by atoms with Crippen molar-refractivity contribution in [1.29, 1.82) is 5.26 Å². The highest BCUT2D eigenvalue weighted by molar-refractivity contribution is 5.21. The van der Waals surface area contributed by atoms with Gasteiger partial charge in [0.05, 0.1) is 24.4 Å². The molecule has 3 nitrogen and oxygen atoms in total. The lowest BCUT2D eigenvalue weighted by Gasteiger charge is -2.33. The smallest absolute Gasteiger partial charge is 0.112 e. The molecule has 2 aliphatic heterocycles. The van der Waals surface area contributed by atoms with Gasteiger partial charge in [0, 0.05) is 6.42 Å². The number of benzene rings is 1. The summed E-state index contributed by atoms with van der Waals surface area (Å²) in [5, 5.41) is 20.0. The number of fused-ring (bicyclic) bond motifs is 2. The van der Waals surface area contributed by atoms with Gasteiger partial charge in [-0.25, -0.2) is 0 Å². The lowest BCUT2D eigenvalue weighted by atomic mass is 9.70. The van der Waals surface area contributed by atoms with Crippen LogP contribution in [0.15, 0.2) is 30.3 Å². The number of rotatable bonds is 3. The highest BCUT2D eigenvalue weighted by Gasteiger charge is 2.56. The van der Waals surface area contributed by atoms with Gasteiger partial charge in [0.15, 0.2) is 0 Å². The van der Waals surface area contributed by atoms with Crippen LogP contribution >= 0.6 is 0 Å². The van der Waals surface area contributed by atoms with Crippen LogP contribution in [-0.4, -0.2) is 23.4 Å². The molecule has 2 heterocycles. The summed E-state index contributed by atoms with van der Waals surface area (Å²) < 4.78 is 5.76. The van der Waals surface area contributed by atoms with Crippen LogP contribution in [0.2, 0.25) is 0 Å². The number of nitriles is 1. The summed E-state index contributed by atoms with van der Waals surface area (Å²) in [6.07, 6.45) is 2.62. The van der Waals surface area contributed by atoms with Crippen LogP contribution in [0.3, 0.4) is 0 Å². The van der Waals surface area contributed by atoms with E-state index in [1.807, 2.05) is 30.3 Å². The molecule has 2 saturated heterocycles. The Bertz CT molecular complexity index is 467. The Hall–Kier alpha value is -1.37. The third-order valence-corrected chi connectivity index (χ3v) is 4.32. The molecule has 1 N–H and O–H groups in total. The zero-order valence-electron chi connectivity index (χ0n) is 10.2. The molecule has 0 aromatic heterocycles. The normalized spacial score (nSPS) is 35.3. The monoisotopic (exact) mass is 243 g/mol. The fraction of sp³-hybridized carbons (Fsp3) is 0.533. The topological polar surface area (TPSA) is 53.2 Å². The summed E-state index contributed by atoms with van der Waals surface area (Å²) in [6, 6.07) is 12.2. The predicted molar refractivity (Wildman–Crippen MR) is 66.7 cm³/mol. The van der Waals surface area contributed by atoms with Gasteiger partial charge in [-0.2, -0.15) is 5.26 Å². The highest BCUT2D eigenvalue weighted by atomic mass is 16.5. The lowest BCUT2D eigenvalue weighted by Crippen LogP contribution is -2.43. The van der Waals surface area contributed by atoms with Crippen molar-refractivity contribution < 1.29 is 9.84 Å². The van der Waals surface area contributed by atoms with Gasteiger partial charge in [-0.3, -0.25) is 0 Å². The van der Waals surface area contributed by atoms with Crippen molar-refractivity contribution in [3.63, 3.8) is 0 Å². The maximum absolute atomic E-state index is 10.5. The molecule has 3 rings (SSSR count). The zero-order valence-corrected chi connectivity index (χ0v) is 10.2. The van der Waals surface area contributed by atoms with Gasteiger partial charge in [-0.1, -0.05) is 30.3 Å². The number of nitrogens with zero attached hydrogens (tertiary/aromatic N) is 1. The van der Waals surface area contributed by atoms with E-state index in [1.54, 1.807) is 0 Å². The average Bonchev–Trinajstić information content (AvgIpc) is 3.00. The molecule has 2 fully saturated rings. The third kappa shape index (κ3) is 1.73. The first-order chi connectivity index (χ1) is 8.74. The Kier molecular flexibility index (Phi) is 2.85. The molecule has 0 radical (unpaired) electrons. The Morgan fingerprint density at radius 3 is 2.72 bits per heavy atom. The average molecular weight is 243 g/mol. The second kappa shape index (κ2) is 4.38. The summed E-state index contributed by atoms with van der Waals surface area (Å²) in [4.78, 5) is 0. The second-order valence-electron chi connectivity index (χ2n) is 5.39. The molecular formula is C15H17NO2. The van der Waals surface area contributed by atoms with Gasteiger partial charge >= 0.3 is 0 Å². The van der Waals surface area contributed by atoms with Gasteiger partial charge in [0.1, 0.15) is 5.41 Å². The summed E-state index contributed by atoms with van der Waals surface area (Å²) in [5.41, 5.74) is 0.376. The van der Waals surface area contributed by atoms with E-state index in [1.165, 1.54) is 0 Å². The SMILES string of the molecule is N#CC1(C(O)Cc2ccccc2)CC2CCC1O2. The molecule has 2 bridgehead atoms. The predicted octanol–water partition coefficient (Wildman–Crippen LogP) is 2.05. The summed E-state index contributed by atoms with van der Waals surface area (Å²) in [6.45, 7) is 0. The van der Waals surface area contributed by atoms with Gasteiger partial charge in [0.25, 0.3) is 0 Å². The fourth-order valence-electron chi connectivity index (χ4n) is 3.31. The van der Waals surface area contributed by atoms with Crippen molar-refractivity contribution in [3.8, 4) is 6.07 Å². The Morgan fingerprint density at radius 2 is 2.17 bits per heavy atom. The van der Waals surface area contributed by atoms with Gasteiger partial charge in [-0.15, -0.1) is 0 Å². The number of hydrogen-bond donors (Lipinski definition) is 1. The van der Waals surface area contributed by atoms with Crippen LogP contribution in [0, 0.1) is 16.7 Å². The van der Waals surface area contributed by atoms with E-state index in [-0.39, 0.29) is 12.2 Å². The molecule has 0 spiro atoms. The molecule has 3 heteroatoms. The lowest BCUT2D eigenvalue weighted by molar-refractivity contribution is 0.00519. The molecule has 0 saturated carbocycles. The maximum atomic E-state index is 10.5. The zero-order chi connectivity index (χ0) is 12.6.